The summed E-state index contributed by atoms with van der Waals surface area (Å²) in [6.45, 7) is 8.87. The van der Waals surface area contributed by atoms with Gasteiger partial charge in [-0.05, 0) is 49.9 Å². The van der Waals surface area contributed by atoms with Crippen molar-refractivity contribution >= 4 is 23.2 Å². The summed E-state index contributed by atoms with van der Waals surface area (Å²) in [5.74, 6) is 0.0530. The van der Waals surface area contributed by atoms with Crippen molar-refractivity contribution in [1.29, 1.82) is 0 Å². The van der Waals surface area contributed by atoms with Crippen LogP contribution in [-0.4, -0.2) is 50.6 Å². The third-order valence-electron chi connectivity index (χ3n) is 5.20. The molecule has 6 heteroatoms. The van der Waals surface area contributed by atoms with Gasteiger partial charge in [-0.3, -0.25) is 9.59 Å². The van der Waals surface area contributed by atoms with E-state index in [0.29, 0.717) is 12.2 Å². The fourth-order valence-electron chi connectivity index (χ4n) is 3.28. The van der Waals surface area contributed by atoms with Crippen LogP contribution in [0.15, 0.2) is 18.2 Å². The Morgan fingerprint density at radius 1 is 1.11 bits per heavy atom. The van der Waals surface area contributed by atoms with Crippen molar-refractivity contribution in [3.8, 4) is 0 Å². The Labute approximate surface area is 170 Å². The van der Waals surface area contributed by atoms with E-state index in [1.54, 1.807) is 0 Å². The normalized spacial score (nSPS) is 12.0. The second kappa shape index (κ2) is 11.7. The summed E-state index contributed by atoms with van der Waals surface area (Å²) < 4.78 is 4.89. The summed E-state index contributed by atoms with van der Waals surface area (Å²) in [6, 6.07) is 5.96. The highest BCUT2D eigenvalue weighted by atomic mass is 16.5. The number of benzene rings is 1. The van der Waals surface area contributed by atoms with Gasteiger partial charge in [0.1, 0.15) is 6.61 Å². The molecule has 0 aliphatic heterocycles. The van der Waals surface area contributed by atoms with E-state index in [0.717, 1.165) is 30.5 Å². The first-order valence-electron chi connectivity index (χ1n) is 10.2. The van der Waals surface area contributed by atoms with Crippen LogP contribution in [0.1, 0.15) is 52.5 Å². The standard InChI is InChI=1S/C22H37N3O3/c1-8-16(4)25(22(27)17(9-2)10-3)14-18-13-19(23-21(26)15-28-7)11-12-20(18)24(5)6/h11-13,16-17H,8-10,14-15H2,1-7H3,(H,23,26). The lowest BCUT2D eigenvalue weighted by Crippen LogP contribution is -2.41. The number of carbonyl (C=O) groups excluding carboxylic acids is 2. The molecule has 28 heavy (non-hydrogen) atoms. The van der Waals surface area contributed by atoms with Crippen LogP contribution in [0.4, 0.5) is 11.4 Å². The second-order valence-corrected chi connectivity index (χ2v) is 7.46. The van der Waals surface area contributed by atoms with Gasteiger partial charge in [0.05, 0.1) is 0 Å². The molecule has 1 N–H and O–H groups in total. The molecule has 158 valence electrons. The van der Waals surface area contributed by atoms with E-state index in [1.165, 1.54) is 7.11 Å². The van der Waals surface area contributed by atoms with Crippen molar-refractivity contribution in [2.45, 2.75) is 59.5 Å². The predicted octanol–water partition coefficient (Wildman–Crippen LogP) is 3.90. The van der Waals surface area contributed by atoms with Crippen LogP contribution in [0, 0.1) is 5.92 Å². The molecule has 6 nitrogen and oxygen atoms in total. The van der Waals surface area contributed by atoms with Crippen molar-refractivity contribution < 1.29 is 14.3 Å². The first-order chi connectivity index (χ1) is 13.3. The van der Waals surface area contributed by atoms with Crippen LogP contribution in [0.25, 0.3) is 0 Å². The smallest absolute Gasteiger partial charge is 0.250 e. The van der Waals surface area contributed by atoms with E-state index >= 15 is 0 Å². The van der Waals surface area contributed by atoms with Crippen molar-refractivity contribution in [2.75, 3.05) is 38.0 Å². The summed E-state index contributed by atoms with van der Waals surface area (Å²) in [5, 5.41) is 2.85. The number of hydrogen-bond donors (Lipinski definition) is 1. The van der Waals surface area contributed by atoms with Gasteiger partial charge in [-0.1, -0.05) is 20.8 Å². The first kappa shape index (κ1) is 24.0. The molecule has 1 aromatic carbocycles. The molecule has 0 bridgehead atoms. The van der Waals surface area contributed by atoms with Gasteiger partial charge in [-0.25, -0.2) is 0 Å². The summed E-state index contributed by atoms with van der Waals surface area (Å²) in [5.41, 5.74) is 2.76. The van der Waals surface area contributed by atoms with Crippen LogP contribution in [0.2, 0.25) is 0 Å². The lowest BCUT2D eigenvalue weighted by atomic mass is 9.99. The number of ether oxygens (including phenoxy) is 1. The van der Waals surface area contributed by atoms with E-state index in [4.69, 9.17) is 4.74 Å². The van der Waals surface area contributed by atoms with Crippen LogP contribution in [0.5, 0.6) is 0 Å². The van der Waals surface area contributed by atoms with Crippen molar-refractivity contribution in [1.82, 2.24) is 4.90 Å². The van der Waals surface area contributed by atoms with Crippen molar-refractivity contribution in [2.24, 2.45) is 5.92 Å². The summed E-state index contributed by atoms with van der Waals surface area (Å²) in [6.07, 6.45) is 2.58. The Morgan fingerprint density at radius 2 is 1.75 bits per heavy atom. The zero-order valence-electron chi connectivity index (χ0n) is 18.5. The van der Waals surface area contributed by atoms with Gasteiger partial charge < -0.3 is 19.9 Å². The first-order valence-corrected chi connectivity index (χ1v) is 10.2. The van der Waals surface area contributed by atoms with Gasteiger partial charge in [0.15, 0.2) is 0 Å². The minimum absolute atomic E-state index is 0.0108. The van der Waals surface area contributed by atoms with Crippen LogP contribution in [0.3, 0.4) is 0 Å². The molecule has 0 saturated carbocycles. The Morgan fingerprint density at radius 3 is 2.25 bits per heavy atom. The molecular weight excluding hydrogens is 354 g/mol. The largest absolute Gasteiger partial charge is 0.377 e. The average molecular weight is 392 g/mol. The lowest BCUT2D eigenvalue weighted by molar-refractivity contribution is -0.138. The van der Waals surface area contributed by atoms with E-state index < -0.39 is 0 Å². The lowest BCUT2D eigenvalue weighted by Gasteiger charge is -2.33. The Balaban J connectivity index is 3.23. The van der Waals surface area contributed by atoms with Crippen LogP contribution >= 0.6 is 0 Å². The SMILES string of the molecule is CCC(CC)C(=O)N(Cc1cc(NC(=O)COC)ccc1N(C)C)C(C)CC. The average Bonchev–Trinajstić information content (AvgIpc) is 2.66. The molecule has 0 spiro atoms. The molecule has 0 heterocycles. The van der Waals surface area contributed by atoms with E-state index in [2.05, 4.69) is 33.0 Å². The highest BCUT2D eigenvalue weighted by Gasteiger charge is 2.26. The minimum Gasteiger partial charge on any atom is -0.377 e. The fraction of sp³-hybridized carbons (Fsp3) is 0.636. The maximum atomic E-state index is 13.2. The molecule has 0 radical (unpaired) electrons. The van der Waals surface area contributed by atoms with Gasteiger partial charge in [0, 0.05) is 51.1 Å². The minimum atomic E-state index is -0.196. The van der Waals surface area contributed by atoms with E-state index in [-0.39, 0.29) is 30.4 Å². The third kappa shape index (κ3) is 6.51. The maximum Gasteiger partial charge on any atom is 0.250 e. The highest BCUT2D eigenvalue weighted by molar-refractivity contribution is 5.92. The molecule has 1 aromatic rings. The molecule has 1 atom stereocenters. The van der Waals surface area contributed by atoms with Gasteiger partial charge >= 0.3 is 0 Å². The number of rotatable bonds is 11. The van der Waals surface area contributed by atoms with Gasteiger partial charge in [0.2, 0.25) is 11.8 Å². The molecule has 1 rings (SSSR count). The number of carbonyl (C=O) groups is 2. The topological polar surface area (TPSA) is 61.9 Å². The molecule has 0 aliphatic carbocycles. The molecule has 0 saturated heterocycles. The maximum absolute atomic E-state index is 13.2. The molecule has 0 aromatic heterocycles. The van der Waals surface area contributed by atoms with Crippen LogP contribution < -0.4 is 10.2 Å². The number of nitrogens with one attached hydrogen (secondary N) is 1. The summed E-state index contributed by atoms with van der Waals surface area (Å²) in [4.78, 5) is 29.1. The summed E-state index contributed by atoms with van der Waals surface area (Å²) >= 11 is 0. The fourth-order valence-corrected chi connectivity index (χ4v) is 3.28. The number of nitrogens with zero attached hydrogens (tertiary/aromatic N) is 2. The third-order valence-corrected chi connectivity index (χ3v) is 5.20. The number of methoxy groups -OCH3 is 1. The molecule has 2 amide bonds. The molecule has 0 fully saturated rings. The zero-order chi connectivity index (χ0) is 21.3. The van der Waals surface area contributed by atoms with Gasteiger partial charge in [-0.2, -0.15) is 0 Å². The number of anilines is 2. The number of hydrogen-bond acceptors (Lipinski definition) is 4. The highest BCUT2D eigenvalue weighted by Crippen LogP contribution is 2.27. The van der Waals surface area contributed by atoms with E-state index in [1.807, 2.05) is 42.1 Å². The summed E-state index contributed by atoms with van der Waals surface area (Å²) in [7, 11) is 5.46. The molecule has 0 aliphatic rings. The van der Waals surface area contributed by atoms with Gasteiger partial charge in [-0.15, -0.1) is 0 Å². The quantitative estimate of drug-likeness (QED) is 0.621. The zero-order valence-corrected chi connectivity index (χ0v) is 18.5. The second-order valence-electron chi connectivity index (χ2n) is 7.46. The molecular formula is C22H37N3O3. The Kier molecular flexibility index (Phi) is 10.0. The van der Waals surface area contributed by atoms with Crippen LogP contribution in [-0.2, 0) is 20.9 Å². The predicted molar refractivity (Wildman–Crippen MR) is 116 cm³/mol. The Hall–Kier alpha value is -2.08. The Bertz CT molecular complexity index is 642. The number of amides is 2. The van der Waals surface area contributed by atoms with Gasteiger partial charge in [0.25, 0.3) is 0 Å². The van der Waals surface area contributed by atoms with Crippen molar-refractivity contribution in [3.63, 3.8) is 0 Å². The van der Waals surface area contributed by atoms with Crippen molar-refractivity contribution in [3.05, 3.63) is 23.8 Å². The molecule has 1 unspecified atom stereocenters. The monoisotopic (exact) mass is 391 g/mol. The van der Waals surface area contributed by atoms with E-state index in [9.17, 15) is 9.59 Å².